The first-order chi connectivity index (χ1) is 14.1. The van der Waals surface area contributed by atoms with E-state index in [1.54, 1.807) is 0 Å². The van der Waals surface area contributed by atoms with E-state index in [1.165, 1.54) is 33.5 Å². The van der Waals surface area contributed by atoms with E-state index in [4.69, 9.17) is 4.74 Å². The number of halogens is 4. The minimum absolute atomic E-state index is 0.0367. The Morgan fingerprint density at radius 1 is 1.00 bits per heavy atom. The van der Waals surface area contributed by atoms with Crippen LogP contribution in [-0.4, -0.2) is 56.3 Å². The number of benzene rings is 2. The summed E-state index contributed by atoms with van der Waals surface area (Å²) in [5, 5.41) is 0. The highest BCUT2D eigenvalue weighted by atomic mass is 32.2. The van der Waals surface area contributed by atoms with E-state index < -0.39 is 40.1 Å². The van der Waals surface area contributed by atoms with Gasteiger partial charge in [-0.2, -0.15) is 17.5 Å². The molecule has 1 aliphatic heterocycles. The monoisotopic (exact) mass is 446 g/mol. The summed E-state index contributed by atoms with van der Waals surface area (Å²) in [4.78, 5) is 13.6. The first kappa shape index (κ1) is 22.0. The standard InChI is InChI=1S/C19H18F4N2O4S/c20-15-4-6-17(7-5-15)30(27,28)25-10-8-24(9-11-25)18(26)13-29-16-3-1-2-14(12-16)19(21,22)23/h1-7,12H,8-11,13H2. The fraction of sp³-hybridized carbons (Fsp3) is 0.316. The van der Waals surface area contributed by atoms with Gasteiger partial charge in [0.15, 0.2) is 6.61 Å². The molecular formula is C19H18F4N2O4S. The number of rotatable bonds is 5. The second-order valence-electron chi connectivity index (χ2n) is 6.55. The number of amides is 1. The van der Waals surface area contributed by atoms with Gasteiger partial charge in [0, 0.05) is 26.2 Å². The predicted molar refractivity (Wildman–Crippen MR) is 98.7 cm³/mol. The fourth-order valence-electron chi connectivity index (χ4n) is 2.93. The van der Waals surface area contributed by atoms with Crippen molar-refractivity contribution in [3.8, 4) is 5.75 Å². The van der Waals surface area contributed by atoms with Crippen molar-refractivity contribution in [2.45, 2.75) is 11.1 Å². The van der Waals surface area contributed by atoms with Crippen LogP contribution in [0.5, 0.6) is 5.75 Å². The van der Waals surface area contributed by atoms with Crippen molar-refractivity contribution in [2.75, 3.05) is 32.8 Å². The Labute approximate surface area is 170 Å². The Morgan fingerprint density at radius 3 is 2.23 bits per heavy atom. The number of alkyl halides is 3. The Morgan fingerprint density at radius 2 is 1.63 bits per heavy atom. The number of hydrogen-bond donors (Lipinski definition) is 0. The van der Waals surface area contributed by atoms with E-state index in [0.717, 1.165) is 24.3 Å². The van der Waals surface area contributed by atoms with Gasteiger partial charge in [-0.25, -0.2) is 12.8 Å². The lowest BCUT2D eigenvalue weighted by Gasteiger charge is -2.34. The van der Waals surface area contributed by atoms with E-state index in [9.17, 15) is 30.8 Å². The first-order valence-corrected chi connectivity index (χ1v) is 10.3. The van der Waals surface area contributed by atoms with Gasteiger partial charge in [0.1, 0.15) is 11.6 Å². The summed E-state index contributed by atoms with van der Waals surface area (Å²) in [6.45, 7) is -0.188. The second-order valence-corrected chi connectivity index (χ2v) is 8.49. The molecule has 1 heterocycles. The molecule has 0 aromatic heterocycles. The molecule has 6 nitrogen and oxygen atoms in total. The van der Waals surface area contributed by atoms with Crippen LogP contribution in [0.2, 0.25) is 0 Å². The zero-order valence-corrected chi connectivity index (χ0v) is 16.4. The molecule has 1 saturated heterocycles. The molecule has 3 rings (SSSR count). The maximum absolute atomic E-state index is 13.0. The second kappa shape index (κ2) is 8.60. The quantitative estimate of drug-likeness (QED) is 0.663. The first-order valence-electron chi connectivity index (χ1n) is 8.91. The third kappa shape index (κ3) is 5.08. The summed E-state index contributed by atoms with van der Waals surface area (Å²) in [6.07, 6.45) is -4.52. The Bertz CT molecular complexity index is 1000. The highest BCUT2D eigenvalue weighted by Gasteiger charge is 2.32. The van der Waals surface area contributed by atoms with Gasteiger partial charge < -0.3 is 9.64 Å². The van der Waals surface area contributed by atoms with Crippen molar-refractivity contribution in [2.24, 2.45) is 0 Å². The van der Waals surface area contributed by atoms with E-state index in [1.807, 2.05) is 0 Å². The molecule has 0 N–H and O–H groups in total. The van der Waals surface area contributed by atoms with Crippen molar-refractivity contribution in [1.29, 1.82) is 0 Å². The summed E-state index contributed by atoms with van der Waals surface area (Å²) < 4.78 is 82.7. The van der Waals surface area contributed by atoms with Crippen LogP contribution in [0.4, 0.5) is 17.6 Å². The molecule has 0 spiro atoms. The Balaban J connectivity index is 1.55. The summed E-state index contributed by atoms with van der Waals surface area (Å²) in [5.41, 5.74) is -0.882. The SMILES string of the molecule is O=C(COc1cccc(C(F)(F)F)c1)N1CCN(S(=O)(=O)c2ccc(F)cc2)CC1. The van der Waals surface area contributed by atoms with Gasteiger partial charge >= 0.3 is 6.18 Å². The Hall–Kier alpha value is -2.66. The van der Waals surface area contributed by atoms with Crippen molar-refractivity contribution >= 4 is 15.9 Å². The van der Waals surface area contributed by atoms with Gasteiger partial charge in [-0.05, 0) is 42.5 Å². The van der Waals surface area contributed by atoms with Crippen LogP contribution >= 0.6 is 0 Å². The van der Waals surface area contributed by atoms with Gasteiger partial charge in [-0.1, -0.05) is 6.07 Å². The van der Waals surface area contributed by atoms with Crippen LogP contribution in [0.3, 0.4) is 0 Å². The van der Waals surface area contributed by atoms with Gasteiger partial charge in [-0.15, -0.1) is 0 Å². The molecule has 162 valence electrons. The van der Waals surface area contributed by atoms with Gasteiger partial charge in [0.25, 0.3) is 5.91 Å². The Kier molecular flexibility index (Phi) is 6.32. The lowest BCUT2D eigenvalue weighted by atomic mass is 10.2. The summed E-state index contributed by atoms with van der Waals surface area (Å²) in [6, 6.07) is 8.65. The van der Waals surface area contributed by atoms with Gasteiger partial charge in [0.05, 0.1) is 10.5 Å². The highest BCUT2D eigenvalue weighted by Crippen LogP contribution is 2.31. The normalized spacial score (nSPS) is 15.8. The largest absolute Gasteiger partial charge is 0.484 e. The van der Waals surface area contributed by atoms with Crippen LogP contribution in [0, 0.1) is 5.82 Å². The van der Waals surface area contributed by atoms with Gasteiger partial charge in [0.2, 0.25) is 10.0 Å². The average Bonchev–Trinajstić information content (AvgIpc) is 2.72. The maximum Gasteiger partial charge on any atom is 0.416 e. The summed E-state index contributed by atoms with van der Waals surface area (Å²) in [5.74, 6) is -1.10. The van der Waals surface area contributed by atoms with Crippen molar-refractivity contribution in [3.63, 3.8) is 0 Å². The number of nitrogens with zero attached hydrogens (tertiary/aromatic N) is 2. The molecule has 0 atom stereocenters. The molecule has 0 unspecified atom stereocenters. The van der Waals surface area contributed by atoms with E-state index in [2.05, 4.69) is 0 Å². The number of piperazine rings is 1. The summed E-state index contributed by atoms with van der Waals surface area (Å²) in [7, 11) is -3.81. The minimum atomic E-state index is -4.52. The maximum atomic E-state index is 13.0. The predicted octanol–water partition coefficient (Wildman–Crippen LogP) is 2.76. The topological polar surface area (TPSA) is 66.9 Å². The van der Waals surface area contributed by atoms with Gasteiger partial charge in [-0.3, -0.25) is 4.79 Å². The van der Waals surface area contributed by atoms with Crippen LogP contribution in [-0.2, 0) is 21.0 Å². The molecular weight excluding hydrogens is 428 g/mol. The number of sulfonamides is 1. The van der Waals surface area contributed by atoms with Crippen LogP contribution in [0.1, 0.15) is 5.56 Å². The van der Waals surface area contributed by atoms with Crippen molar-refractivity contribution < 1.29 is 35.5 Å². The minimum Gasteiger partial charge on any atom is -0.484 e. The third-order valence-corrected chi connectivity index (χ3v) is 6.48. The molecule has 2 aromatic carbocycles. The molecule has 1 fully saturated rings. The molecule has 0 bridgehead atoms. The fourth-order valence-corrected chi connectivity index (χ4v) is 4.35. The zero-order valence-electron chi connectivity index (χ0n) is 15.6. The molecule has 2 aromatic rings. The average molecular weight is 446 g/mol. The third-order valence-electron chi connectivity index (χ3n) is 4.57. The molecule has 30 heavy (non-hydrogen) atoms. The van der Waals surface area contributed by atoms with E-state index >= 15 is 0 Å². The number of hydrogen-bond acceptors (Lipinski definition) is 4. The molecule has 1 aliphatic rings. The molecule has 11 heteroatoms. The number of carbonyl (C=O) groups is 1. The lowest BCUT2D eigenvalue weighted by Crippen LogP contribution is -2.51. The van der Waals surface area contributed by atoms with E-state index in [-0.39, 0.29) is 36.8 Å². The summed E-state index contributed by atoms with van der Waals surface area (Å²) >= 11 is 0. The van der Waals surface area contributed by atoms with Crippen molar-refractivity contribution in [1.82, 2.24) is 9.21 Å². The smallest absolute Gasteiger partial charge is 0.416 e. The molecule has 0 saturated carbocycles. The molecule has 1 amide bonds. The lowest BCUT2D eigenvalue weighted by molar-refractivity contribution is -0.137. The molecule has 0 aliphatic carbocycles. The van der Waals surface area contributed by atoms with Crippen LogP contribution < -0.4 is 4.74 Å². The van der Waals surface area contributed by atoms with Crippen LogP contribution in [0.25, 0.3) is 0 Å². The molecule has 0 radical (unpaired) electrons. The van der Waals surface area contributed by atoms with Crippen LogP contribution in [0.15, 0.2) is 53.4 Å². The van der Waals surface area contributed by atoms with E-state index in [0.29, 0.717) is 0 Å². The number of ether oxygens (including phenoxy) is 1. The highest BCUT2D eigenvalue weighted by molar-refractivity contribution is 7.89. The van der Waals surface area contributed by atoms with Crippen molar-refractivity contribution in [3.05, 3.63) is 59.9 Å². The number of carbonyl (C=O) groups excluding carboxylic acids is 1. The zero-order chi connectivity index (χ0) is 21.9.